The topological polar surface area (TPSA) is 49.8 Å². The number of rotatable bonds is 4. The number of carboxylic acids is 1. The fourth-order valence-electron chi connectivity index (χ4n) is 2.64. The lowest BCUT2D eigenvalue weighted by molar-refractivity contribution is 0.0459. The van der Waals surface area contributed by atoms with Crippen LogP contribution in [0.25, 0.3) is 0 Å². The minimum absolute atomic E-state index is 0.352. The number of anilines is 1. The van der Waals surface area contributed by atoms with Crippen LogP contribution < -0.4 is 4.90 Å². The van der Waals surface area contributed by atoms with E-state index in [1.807, 2.05) is 19.9 Å². The van der Waals surface area contributed by atoms with Gasteiger partial charge in [-0.25, -0.2) is 4.79 Å². The summed E-state index contributed by atoms with van der Waals surface area (Å²) in [6.45, 7) is 6.71. The van der Waals surface area contributed by atoms with Gasteiger partial charge in [0.1, 0.15) is 0 Å². The molecule has 0 unspecified atom stereocenters. The molecule has 0 aromatic heterocycles. The predicted molar refractivity (Wildman–Crippen MR) is 75.0 cm³/mol. The minimum atomic E-state index is -0.871. The van der Waals surface area contributed by atoms with Gasteiger partial charge in [0.05, 0.1) is 11.7 Å². The number of piperidine rings is 1. The van der Waals surface area contributed by atoms with Crippen LogP contribution in [0, 0.1) is 6.92 Å². The number of ether oxygens (including phenoxy) is 1. The van der Waals surface area contributed by atoms with E-state index in [2.05, 4.69) is 4.90 Å². The van der Waals surface area contributed by atoms with Crippen LogP contribution in [-0.4, -0.2) is 36.9 Å². The Kier molecular flexibility index (Phi) is 4.43. The first-order chi connectivity index (χ1) is 9.11. The van der Waals surface area contributed by atoms with Crippen LogP contribution in [0.1, 0.15) is 35.7 Å². The van der Waals surface area contributed by atoms with Gasteiger partial charge in [-0.15, -0.1) is 0 Å². The summed E-state index contributed by atoms with van der Waals surface area (Å²) in [5.41, 5.74) is 2.51. The third-order valence-electron chi connectivity index (χ3n) is 3.63. The largest absolute Gasteiger partial charge is 0.478 e. The number of carboxylic acid groups (broad SMARTS) is 1. The first-order valence-corrected chi connectivity index (χ1v) is 6.82. The smallest absolute Gasteiger partial charge is 0.335 e. The van der Waals surface area contributed by atoms with Gasteiger partial charge in [-0.1, -0.05) is 0 Å². The number of benzene rings is 1. The van der Waals surface area contributed by atoms with E-state index in [4.69, 9.17) is 9.84 Å². The van der Waals surface area contributed by atoms with E-state index in [-0.39, 0.29) is 0 Å². The van der Waals surface area contributed by atoms with E-state index in [1.54, 1.807) is 12.1 Å². The van der Waals surface area contributed by atoms with E-state index >= 15 is 0 Å². The van der Waals surface area contributed by atoms with Crippen LogP contribution in [0.3, 0.4) is 0 Å². The monoisotopic (exact) mass is 263 g/mol. The Labute approximate surface area is 114 Å². The maximum Gasteiger partial charge on any atom is 0.335 e. The highest BCUT2D eigenvalue weighted by molar-refractivity contribution is 5.88. The molecule has 0 spiro atoms. The normalized spacial score (nSPS) is 16.6. The molecule has 0 bridgehead atoms. The average Bonchev–Trinajstić information content (AvgIpc) is 2.40. The van der Waals surface area contributed by atoms with Gasteiger partial charge in [0.15, 0.2) is 0 Å². The lowest BCUT2D eigenvalue weighted by Crippen LogP contribution is -2.37. The van der Waals surface area contributed by atoms with Crippen molar-refractivity contribution in [2.24, 2.45) is 0 Å². The molecule has 1 aromatic rings. The van der Waals surface area contributed by atoms with Crippen molar-refractivity contribution in [1.82, 2.24) is 0 Å². The standard InChI is InChI=1S/C15H21NO3/c1-3-19-13-6-8-16(9-7-13)14-5-4-12(15(17)18)10-11(14)2/h4-5,10,13H,3,6-9H2,1-2H3,(H,17,18). The molecular formula is C15H21NO3. The molecule has 4 nitrogen and oxygen atoms in total. The zero-order chi connectivity index (χ0) is 13.8. The molecule has 1 aliphatic rings. The molecule has 1 aliphatic heterocycles. The highest BCUT2D eigenvalue weighted by atomic mass is 16.5. The number of carbonyl (C=O) groups is 1. The van der Waals surface area contributed by atoms with Crippen molar-refractivity contribution in [3.8, 4) is 0 Å². The molecule has 0 atom stereocenters. The molecule has 2 rings (SSSR count). The van der Waals surface area contributed by atoms with Gasteiger partial charge in [0.2, 0.25) is 0 Å². The van der Waals surface area contributed by atoms with Crippen LogP contribution in [0.15, 0.2) is 18.2 Å². The van der Waals surface area contributed by atoms with Crippen LogP contribution in [-0.2, 0) is 4.74 Å². The molecule has 0 aliphatic carbocycles. The molecule has 1 saturated heterocycles. The second-order valence-electron chi connectivity index (χ2n) is 4.95. The van der Waals surface area contributed by atoms with Gasteiger partial charge in [-0.2, -0.15) is 0 Å². The second kappa shape index (κ2) is 6.06. The summed E-state index contributed by atoms with van der Waals surface area (Å²) in [7, 11) is 0. The summed E-state index contributed by atoms with van der Waals surface area (Å²) in [4.78, 5) is 13.2. The second-order valence-corrected chi connectivity index (χ2v) is 4.95. The van der Waals surface area contributed by atoms with Crippen molar-refractivity contribution < 1.29 is 14.6 Å². The van der Waals surface area contributed by atoms with Crippen molar-refractivity contribution >= 4 is 11.7 Å². The van der Waals surface area contributed by atoms with Gasteiger partial charge < -0.3 is 14.7 Å². The zero-order valence-corrected chi connectivity index (χ0v) is 11.6. The van der Waals surface area contributed by atoms with Crippen molar-refractivity contribution in [2.75, 3.05) is 24.6 Å². The predicted octanol–water partition coefficient (Wildman–Crippen LogP) is 2.70. The van der Waals surface area contributed by atoms with E-state index in [0.29, 0.717) is 11.7 Å². The molecule has 4 heteroatoms. The van der Waals surface area contributed by atoms with E-state index in [0.717, 1.165) is 43.8 Å². The van der Waals surface area contributed by atoms with Gasteiger partial charge >= 0.3 is 5.97 Å². The van der Waals surface area contributed by atoms with Gasteiger partial charge in [-0.3, -0.25) is 0 Å². The lowest BCUT2D eigenvalue weighted by Gasteiger charge is -2.34. The van der Waals surface area contributed by atoms with Crippen LogP contribution >= 0.6 is 0 Å². The zero-order valence-electron chi connectivity index (χ0n) is 11.6. The van der Waals surface area contributed by atoms with E-state index in [1.165, 1.54) is 0 Å². The highest BCUT2D eigenvalue weighted by Crippen LogP contribution is 2.25. The summed E-state index contributed by atoms with van der Waals surface area (Å²) in [5.74, 6) is -0.871. The molecular weight excluding hydrogens is 242 g/mol. The van der Waals surface area contributed by atoms with Gasteiger partial charge in [-0.05, 0) is 50.5 Å². The summed E-state index contributed by atoms with van der Waals surface area (Å²) >= 11 is 0. The molecule has 1 aromatic carbocycles. The summed E-state index contributed by atoms with van der Waals surface area (Å²) in [5, 5.41) is 8.97. The fraction of sp³-hybridized carbons (Fsp3) is 0.533. The van der Waals surface area contributed by atoms with Crippen LogP contribution in [0.5, 0.6) is 0 Å². The summed E-state index contributed by atoms with van der Waals surface area (Å²) < 4.78 is 5.64. The molecule has 0 amide bonds. The molecule has 1 N–H and O–H groups in total. The molecule has 1 fully saturated rings. The maximum atomic E-state index is 10.9. The molecule has 1 heterocycles. The van der Waals surface area contributed by atoms with Crippen molar-refractivity contribution in [2.45, 2.75) is 32.8 Å². The third-order valence-corrected chi connectivity index (χ3v) is 3.63. The Balaban J connectivity index is 2.05. The third kappa shape index (κ3) is 3.26. The molecule has 0 saturated carbocycles. The Morgan fingerprint density at radius 1 is 1.42 bits per heavy atom. The van der Waals surface area contributed by atoms with E-state index in [9.17, 15) is 4.79 Å². The maximum absolute atomic E-state index is 10.9. The molecule has 104 valence electrons. The van der Waals surface area contributed by atoms with Crippen LogP contribution in [0.2, 0.25) is 0 Å². The minimum Gasteiger partial charge on any atom is -0.478 e. The van der Waals surface area contributed by atoms with Crippen molar-refractivity contribution in [1.29, 1.82) is 0 Å². The first kappa shape index (κ1) is 13.9. The van der Waals surface area contributed by atoms with E-state index < -0.39 is 5.97 Å². The number of hydrogen-bond donors (Lipinski definition) is 1. The highest BCUT2D eigenvalue weighted by Gasteiger charge is 2.20. The Morgan fingerprint density at radius 3 is 2.63 bits per heavy atom. The van der Waals surface area contributed by atoms with Gasteiger partial charge in [0, 0.05) is 25.4 Å². The Bertz CT molecular complexity index is 451. The summed E-state index contributed by atoms with van der Waals surface area (Å²) in [6.07, 6.45) is 2.45. The SMILES string of the molecule is CCOC1CCN(c2ccc(C(=O)O)cc2C)CC1. The van der Waals surface area contributed by atoms with Crippen LogP contribution in [0.4, 0.5) is 5.69 Å². The molecule has 0 radical (unpaired) electrons. The average molecular weight is 263 g/mol. The first-order valence-electron chi connectivity index (χ1n) is 6.82. The Morgan fingerprint density at radius 2 is 2.11 bits per heavy atom. The number of aromatic carboxylic acids is 1. The Hall–Kier alpha value is -1.55. The quantitative estimate of drug-likeness (QED) is 0.907. The van der Waals surface area contributed by atoms with Crippen molar-refractivity contribution in [3.05, 3.63) is 29.3 Å². The lowest BCUT2D eigenvalue weighted by atomic mass is 10.0. The van der Waals surface area contributed by atoms with Crippen molar-refractivity contribution in [3.63, 3.8) is 0 Å². The summed E-state index contributed by atoms with van der Waals surface area (Å²) in [6, 6.07) is 5.34. The number of hydrogen-bond acceptors (Lipinski definition) is 3. The molecule has 19 heavy (non-hydrogen) atoms. The number of nitrogens with zero attached hydrogens (tertiary/aromatic N) is 1. The number of aryl methyl sites for hydroxylation is 1. The van der Waals surface area contributed by atoms with Gasteiger partial charge in [0.25, 0.3) is 0 Å². The fourth-order valence-corrected chi connectivity index (χ4v) is 2.64.